The number of benzene rings is 1. The van der Waals surface area contributed by atoms with Crippen LogP contribution in [0, 0.1) is 37.5 Å². The fourth-order valence-corrected chi connectivity index (χ4v) is 2.67. The summed E-state index contributed by atoms with van der Waals surface area (Å²) >= 11 is 0. The molecular weight excluding hydrogens is 208 g/mol. The molecule has 2 nitrogen and oxygen atoms in total. The van der Waals surface area contributed by atoms with E-state index in [1.54, 1.807) is 0 Å². The van der Waals surface area contributed by atoms with E-state index in [1.807, 2.05) is 0 Å². The molecule has 1 aromatic rings. The number of rotatable bonds is 2. The van der Waals surface area contributed by atoms with Crippen LogP contribution < -0.4 is 5.73 Å². The molecule has 1 unspecified atom stereocenters. The van der Waals surface area contributed by atoms with Crippen molar-refractivity contribution in [2.24, 2.45) is 11.1 Å². The van der Waals surface area contributed by atoms with E-state index in [9.17, 15) is 5.26 Å². The third-order valence-electron chi connectivity index (χ3n) is 4.28. The van der Waals surface area contributed by atoms with Crippen LogP contribution in [-0.4, -0.2) is 0 Å². The molecule has 0 aromatic heterocycles. The molecule has 2 rings (SSSR count). The number of hydrogen-bond acceptors (Lipinski definition) is 2. The van der Waals surface area contributed by atoms with Crippen molar-refractivity contribution in [1.29, 1.82) is 5.26 Å². The predicted molar refractivity (Wildman–Crippen MR) is 69.5 cm³/mol. The molecule has 1 saturated carbocycles. The van der Waals surface area contributed by atoms with Gasteiger partial charge in [0.2, 0.25) is 0 Å². The van der Waals surface area contributed by atoms with Crippen LogP contribution in [0.15, 0.2) is 12.1 Å². The molecule has 1 aliphatic rings. The molecule has 1 fully saturated rings. The Morgan fingerprint density at radius 1 is 1.18 bits per heavy atom. The molecular formula is C15H20N2. The molecule has 0 amide bonds. The van der Waals surface area contributed by atoms with Crippen molar-refractivity contribution >= 4 is 0 Å². The number of nitriles is 1. The summed E-state index contributed by atoms with van der Waals surface area (Å²) in [6.45, 7) is 6.30. The fraction of sp³-hybridized carbons (Fsp3) is 0.533. The first-order valence-corrected chi connectivity index (χ1v) is 6.25. The summed E-state index contributed by atoms with van der Waals surface area (Å²) in [5.74, 6) is 0. The quantitative estimate of drug-likeness (QED) is 0.844. The van der Waals surface area contributed by atoms with Crippen molar-refractivity contribution in [3.05, 3.63) is 34.4 Å². The van der Waals surface area contributed by atoms with Gasteiger partial charge in [-0.15, -0.1) is 0 Å². The Bertz CT molecular complexity index is 478. The van der Waals surface area contributed by atoms with Crippen LogP contribution in [0.3, 0.4) is 0 Å². The molecule has 2 N–H and O–H groups in total. The number of aryl methyl sites for hydroxylation is 3. The van der Waals surface area contributed by atoms with E-state index in [0.29, 0.717) is 0 Å². The largest absolute Gasteiger partial charge is 0.323 e. The molecule has 0 saturated heterocycles. The van der Waals surface area contributed by atoms with Gasteiger partial charge in [-0.3, -0.25) is 0 Å². The van der Waals surface area contributed by atoms with Crippen LogP contribution in [-0.2, 0) is 0 Å². The van der Waals surface area contributed by atoms with Gasteiger partial charge >= 0.3 is 0 Å². The van der Waals surface area contributed by atoms with Gasteiger partial charge in [0, 0.05) is 6.04 Å². The summed E-state index contributed by atoms with van der Waals surface area (Å²) in [4.78, 5) is 0. The SMILES string of the molecule is Cc1cc(C)c(C(N)C2(C#N)CCC2)cc1C. The monoisotopic (exact) mass is 228 g/mol. The molecule has 0 radical (unpaired) electrons. The zero-order chi connectivity index (χ0) is 12.6. The average molecular weight is 228 g/mol. The van der Waals surface area contributed by atoms with Gasteiger partial charge in [-0.1, -0.05) is 18.6 Å². The highest BCUT2D eigenvalue weighted by Crippen LogP contribution is 2.49. The topological polar surface area (TPSA) is 49.8 Å². The molecule has 17 heavy (non-hydrogen) atoms. The first-order valence-electron chi connectivity index (χ1n) is 6.25. The maximum Gasteiger partial charge on any atom is 0.0766 e. The summed E-state index contributed by atoms with van der Waals surface area (Å²) in [6, 6.07) is 6.65. The zero-order valence-corrected chi connectivity index (χ0v) is 10.9. The van der Waals surface area contributed by atoms with E-state index >= 15 is 0 Å². The highest BCUT2D eigenvalue weighted by molar-refractivity contribution is 5.40. The Morgan fingerprint density at radius 2 is 1.76 bits per heavy atom. The van der Waals surface area contributed by atoms with Crippen molar-refractivity contribution in [2.45, 2.75) is 46.1 Å². The Labute approximate surface area is 103 Å². The highest BCUT2D eigenvalue weighted by atomic mass is 14.7. The normalized spacial score (nSPS) is 19.2. The second-order valence-corrected chi connectivity index (χ2v) is 5.39. The summed E-state index contributed by atoms with van der Waals surface area (Å²) < 4.78 is 0. The fourth-order valence-electron chi connectivity index (χ4n) is 2.67. The molecule has 0 bridgehead atoms. The molecule has 0 heterocycles. The van der Waals surface area contributed by atoms with Crippen LogP contribution in [0.4, 0.5) is 0 Å². The lowest BCUT2D eigenvalue weighted by molar-refractivity contribution is 0.168. The minimum absolute atomic E-state index is 0.138. The van der Waals surface area contributed by atoms with Crippen molar-refractivity contribution in [3.8, 4) is 6.07 Å². The van der Waals surface area contributed by atoms with Crippen molar-refractivity contribution in [2.75, 3.05) is 0 Å². The van der Waals surface area contributed by atoms with E-state index in [0.717, 1.165) is 24.8 Å². The Hall–Kier alpha value is -1.33. The highest BCUT2D eigenvalue weighted by Gasteiger charge is 2.43. The van der Waals surface area contributed by atoms with Gasteiger partial charge < -0.3 is 5.73 Å². The van der Waals surface area contributed by atoms with E-state index in [4.69, 9.17) is 5.73 Å². The van der Waals surface area contributed by atoms with Gasteiger partial charge in [0.15, 0.2) is 0 Å². The first-order chi connectivity index (χ1) is 8.00. The maximum absolute atomic E-state index is 9.35. The third kappa shape index (κ3) is 1.85. The zero-order valence-electron chi connectivity index (χ0n) is 10.9. The maximum atomic E-state index is 9.35. The predicted octanol–water partition coefficient (Wildman–Crippen LogP) is 3.31. The Kier molecular flexibility index (Phi) is 2.97. The second-order valence-electron chi connectivity index (χ2n) is 5.39. The Morgan fingerprint density at radius 3 is 2.24 bits per heavy atom. The van der Waals surface area contributed by atoms with Crippen LogP contribution in [0.5, 0.6) is 0 Å². The van der Waals surface area contributed by atoms with Gasteiger partial charge in [0.1, 0.15) is 0 Å². The van der Waals surface area contributed by atoms with E-state index < -0.39 is 0 Å². The van der Waals surface area contributed by atoms with Crippen LogP contribution >= 0.6 is 0 Å². The number of nitrogens with zero attached hydrogens (tertiary/aromatic N) is 1. The average Bonchev–Trinajstić information content (AvgIpc) is 2.22. The van der Waals surface area contributed by atoms with Crippen molar-refractivity contribution in [1.82, 2.24) is 0 Å². The van der Waals surface area contributed by atoms with Crippen molar-refractivity contribution in [3.63, 3.8) is 0 Å². The van der Waals surface area contributed by atoms with Gasteiger partial charge in [0.25, 0.3) is 0 Å². The molecule has 90 valence electrons. The molecule has 0 spiro atoms. The van der Waals surface area contributed by atoms with E-state index in [-0.39, 0.29) is 11.5 Å². The van der Waals surface area contributed by atoms with Crippen LogP contribution in [0.1, 0.15) is 47.6 Å². The number of hydrogen-bond donors (Lipinski definition) is 1. The lowest BCUT2D eigenvalue weighted by atomic mass is 9.63. The van der Waals surface area contributed by atoms with Gasteiger partial charge in [0.05, 0.1) is 11.5 Å². The molecule has 2 heteroatoms. The summed E-state index contributed by atoms with van der Waals surface area (Å²) in [6.07, 6.45) is 3.01. The summed E-state index contributed by atoms with van der Waals surface area (Å²) in [7, 11) is 0. The van der Waals surface area contributed by atoms with Gasteiger partial charge in [-0.25, -0.2) is 0 Å². The third-order valence-corrected chi connectivity index (χ3v) is 4.28. The standard InChI is InChI=1S/C15H20N2/c1-10-7-12(3)13(8-11(10)2)14(17)15(9-16)5-4-6-15/h7-8,14H,4-6,17H2,1-3H3. The minimum Gasteiger partial charge on any atom is -0.323 e. The van der Waals surface area contributed by atoms with Gasteiger partial charge in [-0.2, -0.15) is 5.26 Å². The van der Waals surface area contributed by atoms with Gasteiger partial charge in [-0.05, 0) is 55.9 Å². The van der Waals surface area contributed by atoms with E-state index in [2.05, 4.69) is 39.0 Å². The molecule has 1 aliphatic carbocycles. The molecule has 0 aliphatic heterocycles. The lowest BCUT2D eigenvalue weighted by Crippen LogP contribution is -2.39. The number of nitrogens with two attached hydrogens (primary N) is 1. The van der Waals surface area contributed by atoms with Crippen LogP contribution in [0.25, 0.3) is 0 Å². The summed E-state index contributed by atoms with van der Waals surface area (Å²) in [5, 5.41) is 9.35. The minimum atomic E-state index is -0.313. The molecule has 1 atom stereocenters. The molecule has 1 aromatic carbocycles. The lowest BCUT2D eigenvalue weighted by Gasteiger charge is -2.41. The second kappa shape index (κ2) is 4.16. The summed E-state index contributed by atoms with van der Waals surface area (Å²) in [5.41, 5.74) is 10.9. The van der Waals surface area contributed by atoms with E-state index in [1.165, 1.54) is 16.7 Å². The first kappa shape index (κ1) is 12.1. The van der Waals surface area contributed by atoms with Crippen molar-refractivity contribution < 1.29 is 0 Å². The Balaban J connectivity index is 2.41. The smallest absolute Gasteiger partial charge is 0.0766 e. The van der Waals surface area contributed by atoms with Crippen LogP contribution in [0.2, 0.25) is 0 Å².